The van der Waals surface area contributed by atoms with E-state index in [-0.39, 0.29) is 37.5 Å². The lowest BCUT2D eigenvalue weighted by Gasteiger charge is -2.18. The number of carbonyl (C=O) groups is 3. The summed E-state index contributed by atoms with van der Waals surface area (Å²) in [5, 5.41) is 0. The second kappa shape index (κ2) is 67.3. The van der Waals surface area contributed by atoms with Crippen LogP contribution in [0.2, 0.25) is 0 Å². The molecule has 454 valence electrons. The number of ether oxygens (including phenoxy) is 3. The van der Waals surface area contributed by atoms with Crippen LogP contribution in [0.25, 0.3) is 0 Å². The van der Waals surface area contributed by atoms with Crippen molar-refractivity contribution >= 4 is 17.9 Å². The number of rotatable bonds is 57. The van der Waals surface area contributed by atoms with Crippen LogP contribution in [0, 0.1) is 0 Å². The van der Waals surface area contributed by atoms with Gasteiger partial charge in [0.15, 0.2) is 6.10 Å². The number of unbranched alkanes of at least 4 members (excludes halogenated alkanes) is 18. The molecule has 0 saturated carbocycles. The highest BCUT2D eigenvalue weighted by Gasteiger charge is 2.19. The third-order valence-electron chi connectivity index (χ3n) is 13.2. The number of carbonyl (C=O) groups excluding carboxylic acids is 3. The summed E-state index contributed by atoms with van der Waals surface area (Å²) in [6.45, 7) is 6.22. The first-order chi connectivity index (χ1) is 40.0. The van der Waals surface area contributed by atoms with Gasteiger partial charge in [-0.05, 0) is 135 Å². The van der Waals surface area contributed by atoms with Crippen LogP contribution in [-0.2, 0) is 28.6 Å². The van der Waals surface area contributed by atoms with Gasteiger partial charge in [0.1, 0.15) is 13.2 Å². The number of esters is 3. The van der Waals surface area contributed by atoms with Crippen molar-refractivity contribution in [3.05, 3.63) is 170 Å². The zero-order chi connectivity index (χ0) is 58.5. The van der Waals surface area contributed by atoms with Gasteiger partial charge in [-0.1, -0.05) is 281 Å². The Morgan fingerprint density at radius 2 is 0.469 bits per heavy atom. The lowest BCUT2D eigenvalue weighted by atomic mass is 10.0. The van der Waals surface area contributed by atoms with E-state index in [9.17, 15) is 14.4 Å². The zero-order valence-corrected chi connectivity index (χ0v) is 52.0. The molecular weight excluding hydrogens is 997 g/mol. The van der Waals surface area contributed by atoms with Crippen LogP contribution < -0.4 is 0 Å². The number of hydrogen-bond acceptors (Lipinski definition) is 6. The van der Waals surface area contributed by atoms with Gasteiger partial charge in [0, 0.05) is 19.3 Å². The molecule has 0 aliphatic carbocycles. The molecule has 0 rings (SSSR count). The molecule has 0 bridgehead atoms. The van der Waals surface area contributed by atoms with Gasteiger partial charge in [0.2, 0.25) is 0 Å². The molecule has 0 aromatic heterocycles. The fourth-order valence-corrected chi connectivity index (χ4v) is 8.45. The Bertz CT molecular complexity index is 1860. The standard InChI is InChI=1S/C75H118O6/c1-4-7-10-13-16-19-22-25-27-29-31-33-35-36-37-38-40-41-43-45-47-50-53-56-59-62-65-68-74(77)80-71-72(70-79-73(76)67-64-61-58-55-52-49-24-21-18-15-12-9-6-3)81-75(78)69-66-63-60-57-54-51-48-46-44-42-39-34-32-30-28-26-23-20-17-14-11-8-5-2/h7-12,16-21,25-28,31-34,36-37,42,44,49,52,58,61,72H,4-6,13-15,22-24,29-30,35,38-41,43,45-48,50-51,53-57,59-60,62-71H2,1-3H3/b10-7-,11-8-,12-9-,19-16-,20-17-,21-18-,27-25-,28-26-,33-31-,34-32-,37-36-,44-42-,52-49-,61-58-. The highest BCUT2D eigenvalue weighted by atomic mass is 16.6. The molecule has 0 aromatic rings. The monoisotopic (exact) mass is 1110 g/mol. The summed E-state index contributed by atoms with van der Waals surface area (Å²) in [5.74, 6) is -1.02. The van der Waals surface area contributed by atoms with E-state index in [1.54, 1.807) is 0 Å². The van der Waals surface area contributed by atoms with Crippen molar-refractivity contribution in [3.63, 3.8) is 0 Å². The Morgan fingerprint density at radius 1 is 0.247 bits per heavy atom. The second-order valence-electron chi connectivity index (χ2n) is 20.9. The van der Waals surface area contributed by atoms with Gasteiger partial charge in [-0.2, -0.15) is 0 Å². The number of hydrogen-bond donors (Lipinski definition) is 0. The summed E-state index contributed by atoms with van der Waals surface area (Å²) in [6, 6.07) is 0. The van der Waals surface area contributed by atoms with E-state index in [0.29, 0.717) is 19.3 Å². The molecule has 0 aliphatic heterocycles. The minimum absolute atomic E-state index is 0.113. The molecule has 0 radical (unpaired) electrons. The molecule has 0 spiro atoms. The molecular formula is C75H118O6. The van der Waals surface area contributed by atoms with Gasteiger partial charge < -0.3 is 14.2 Å². The first-order valence-corrected chi connectivity index (χ1v) is 32.6. The van der Waals surface area contributed by atoms with Crippen molar-refractivity contribution in [3.8, 4) is 0 Å². The minimum Gasteiger partial charge on any atom is -0.462 e. The topological polar surface area (TPSA) is 78.9 Å². The highest BCUT2D eigenvalue weighted by molar-refractivity contribution is 5.71. The predicted octanol–water partition coefficient (Wildman–Crippen LogP) is 22.7. The van der Waals surface area contributed by atoms with Crippen molar-refractivity contribution in [1.29, 1.82) is 0 Å². The van der Waals surface area contributed by atoms with E-state index in [1.807, 2.05) is 6.08 Å². The van der Waals surface area contributed by atoms with Crippen molar-refractivity contribution in [2.45, 2.75) is 271 Å². The average molecular weight is 1120 g/mol. The van der Waals surface area contributed by atoms with Crippen LogP contribution in [0.4, 0.5) is 0 Å². The van der Waals surface area contributed by atoms with Crippen LogP contribution in [-0.4, -0.2) is 37.2 Å². The molecule has 6 heteroatoms. The molecule has 0 aromatic carbocycles. The van der Waals surface area contributed by atoms with Crippen molar-refractivity contribution in [2.24, 2.45) is 0 Å². The Kier molecular flexibility index (Phi) is 62.9. The average Bonchev–Trinajstić information content (AvgIpc) is 3.46. The van der Waals surface area contributed by atoms with E-state index >= 15 is 0 Å². The van der Waals surface area contributed by atoms with Crippen LogP contribution in [0.1, 0.15) is 265 Å². The molecule has 1 atom stereocenters. The molecule has 0 N–H and O–H groups in total. The van der Waals surface area contributed by atoms with E-state index < -0.39 is 6.10 Å². The molecule has 0 fully saturated rings. The third kappa shape index (κ3) is 65.5. The zero-order valence-electron chi connectivity index (χ0n) is 52.0. The molecule has 0 heterocycles. The Balaban J connectivity index is 4.40. The molecule has 81 heavy (non-hydrogen) atoms. The summed E-state index contributed by atoms with van der Waals surface area (Å²) in [4.78, 5) is 38.3. The summed E-state index contributed by atoms with van der Waals surface area (Å²) < 4.78 is 16.8. The quantitative estimate of drug-likeness (QED) is 0.0261. The number of allylic oxidation sites excluding steroid dienone is 28. The second-order valence-corrected chi connectivity index (χ2v) is 20.9. The first-order valence-electron chi connectivity index (χ1n) is 32.6. The summed E-state index contributed by atoms with van der Waals surface area (Å²) in [7, 11) is 0. The third-order valence-corrected chi connectivity index (χ3v) is 13.2. The maximum atomic E-state index is 12.9. The lowest BCUT2D eigenvalue weighted by molar-refractivity contribution is -0.166. The molecule has 0 saturated heterocycles. The molecule has 0 amide bonds. The van der Waals surface area contributed by atoms with Crippen molar-refractivity contribution in [2.75, 3.05) is 13.2 Å². The van der Waals surface area contributed by atoms with Gasteiger partial charge in [-0.3, -0.25) is 14.4 Å². The van der Waals surface area contributed by atoms with Gasteiger partial charge in [0.05, 0.1) is 0 Å². The maximum Gasteiger partial charge on any atom is 0.306 e. The van der Waals surface area contributed by atoms with Gasteiger partial charge in [-0.25, -0.2) is 0 Å². The first kappa shape index (κ1) is 75.8. The SMILES string of the molecule is CC/C=C\C/C=C\C/C=C\C/C=C\C/C=C\CCCCCCCCCCCCCC(=O)OCC(COC(=O)CC/C=C\C/C=C\C/C=C\C/C=C\CC)OC(=O)CCCCCCCCC/C=C\C/C=C\C/C=C\C/C=C\C/C=C\CC. The van der Waals surface area contributed by atoms with Gasteiger partial charge in [-0.15, -0.1) is 0 Å². The highest BCUT2D eigenvalue weighted by Crippen LogP contribution is 2.15. The van der Waals surface area contributed by atoms with Crippen molar-refractivity contribution in [1.82, 2.24) is 0 Å². The normalized spacial score (nSPS) is 13.3. The fraction of sp³-hybridized carbons (Fsp3) is 0.587. The summed E-state index contributed by atoms with van der Waals surface area (Å²) >= 11 is 0. The summed E-state index contributed by atoms with van der Waals surface area (Å²) in [5.41, 5.74) is 0. The van der Waals surface area contributed by atoms with Crippen LogP contribution >= 0.6 is 0 Å². The Hall–Kier alpha value is -5.23. The van der Waals surface area contributed by atoms with E-state index in [1.165, 1.54) is 77.0 Å². The smallest absolute Gasteiger partial charge is 0.306 e. The van der Waals surface area contributed by atoms with Crippen LogP contribution in [0.3, 0.4) is 0 Å². The van der Waals surface area contributed by atoms with Crippen LogP contribution in [0.15, 0.2) is 170 Å². The van der Waals surface area contributed by atoms with Gasteiger partial charge >= 0.3 is 17.9 Å². The maximum absolute atomic E-state index is 12.9. The predicted molar refractivity (Wildman–Crippen MR) is 352 cm³/mol. The van der Waals surface area contributed by atoms with Gasteiger partial charge in [0.25, 0.3) is 0 Å². The minimum atomic E-state index is -0.824. The Labute approximate surface area is 498 Å². The Morgan fingerprint density at radius 3 is 0.765 bits per heavy atom. The van der Waals surface area contributed by atoms with E-state index in [0.717, 1.165) is 141 Å². The van der Waals surface area contributed by atoms with E-state index in [2.05, 4.69) is 185 Å². The lowest BCUT2D eigenvalue weighted by Crippen LogP contribution is -2.30. The summed E-state index contributed by atoms with van der Waals surface area (Å²) in [6.07, 6.45) is 99.5. The fourth-order valence-electron chi connectivity index (χ4n) is 8.45. The largest absolute Gasteiger partial charge is 0.462 e. The van der Waals surface area contributed by atoms with E-state index in [4.69, 9.17) is 14.2 Å². The van der Waals surface area contributed by atoms with Crippen LogP contribution in [0.5, 0.6) is 0 Å². The van der Waals surface area contributed by atoms with Crippen molar-refractivity contribution < 1.29 is 28.6 Å². The molecule has 6 nitrogen and oxygen atoms in total. The molecule has 1 unspecified atom stereocenters. The molecule has 0 aliphatic rings.